The molecule has 0 saturated heterocycles. The summed E-state index contributed by atoms with van der Waals surface area (Å²) in [5.74, 6) is 1.46. The van der Waals surface area contributed by atoms with Gasteiger partial charge < -0.3 is 0 Å². The Labute approximate surface area is 112 Å². The van der Waals surface area contributed by atoms with Gasteiger partial charge in [-0.25, -0.2) is 0 Å². The zero-order valence-corrected chi connectivity index (χ0v) is 13.3. The molecule has 74 valence electrons. The lowest BCUT2D eigenvalue weighted by atomic mass is 9.94. The number of allylic oxidation sites excluding steroid dienone is 2. The number of hydrogen-bond donors (Lipinski definition) is 0. The van der Waals surface area contributed by atoms with Crippen LogP contribution in [0.2, 0.25) is 0 Å². The number of halogens is 4. The minimum Gasteiger partial charge on any atom is -0.0883 e. The minimum atomic E-state index is 0.664. The molecule has 0 aromatic carbocycles. The third-order valence-electron chi connectivity index (χ3n) is 3.15. The molecule has 2 aliphatic rings. The van der Waals surface area contributed by atoms with Crippen molar-refractivity contribution in [3.05, 3.63) is 11.1 Å². The van der Waals surface area contributed by atoms with Gasteiger partial charge in [0.25, 0.3) is 0 Å². The van der Waals surface area contributed by atoms with Crippen molar-refractivity contribution in [2.24, 2.45) is 11.8 Å². The van der Waals surface area contributed by atoms with E-state index in [0.29, 0.717) is 15.6 Å². The van der Waals surface area contributed by atoms with Crippen molar-refractivity contribution in [2.75, 3.05) is 10.7 Å². The molecule has 13 heavy (non-hydrogen) atoms. The van der Waals surface area contributed by atoms with Crippen molar-refractivity contribution >= 4 is 63.7 Å². The van der Waals surface area contributed by atoms with Gasteiger partial charge in [-0.1, -0.05) is 74.9 Å². The van der Waals surface area contributed by atoms with E-state index in [1.165, 1.54) is 6.42 Å². The summed E-state index contributed by atoms with van der Waals surface area (Å²) in [4.78, 5) is 1.34. The third kappa shape index (κ3) is 1.64. The molecule has 0 spiro atoms. The van der Waals surface area contributed by atoms with Crippen molar-refractivity contribution in [1.29, 1.82) is 0 Å². The standard InChI is InChI=1S/C9H10Br4/c10-2-5-4-1-7(12)8(9(4)13)6(5)3-11/h4,7-9H,1-3H2/t4-,7+,8-,9-/m0/s1. The summed E-state index contributed by atoms with van der Waals surface area (Å²) in [5.41, 5.74) is 3.23. The lowest BCUT2D eigenvalue weighted by Crippen LogP contribution is -2.16. The van der Waals surface area contributed by atoms with Gasteiger partial charge in [-0.15, -0.1) is 0 Å². The fourth-order valence-electron chi connectivity index (χ4n) is 2.53. The summed E-state index contributed by atoms with van der Waals surface area (Å²) in [7, 11) is 0. The van der Waals surface area contributed by atoms with E-state index in [4.69, 9.17) is 0 Å². The lowest BCUT2D eigenvalue weighted by molar-refractivity contribution is 0.675. The Hall–Kier alpha value is 1.66. The molecule has 0 heterocycles. The van der Waals surface area contributed by atoms with Gasteiger partial charge in [0.1, 0.15) is 0 Å². The van der Waals surface area contributed by atoms with Crippen molar-refractivity contribution in [1.82, 2.24) is 0 Å². The molecule has 0 aromatic heterocycles. The maximum absolute atomic E-state index is 3.82. The van der Waals surface area contributed by atoms with Gasteiger partial charge in [0.15, 0.2) is 0 Å². The first-order valence-electron chi connectivity index (χ1n) is 4.32. The van der Waals surface area contributed by atoms with Gasteiger partial charge in [0.05, 0.1) is 0 Å². The second-order valence-electron chi connectivity index (χ2n) is 3.65. The second kappa shape index (κ2) is 4.26. The number of hydrogen-bond acceptors (Lipinski definition) is 0. The Balaban J connectivity index is 2.35. The van der Waals surface area contributed by atoms with Gasteiger partial charge in [-0.3, -0.25) is 0 Å². The lowest BCUT2D eigenvalue weighted by Gasteiger charge is -2.21. The highest BCUT2D eigenvalue weighted by Crippen LogP contribution is 2.55. The van der Waals surface area contributed by atoms with Crippen LogP contribution in [0.25, 0.3) is 0 Å². The Kier molecular flexibility index (Phi) is 3.66. The van der Waals surface area contributed by atoms with E-state index in [2.05, 4.69) is 63.7 Å². The highest BCUT2D eigenvalue weighted by Gasteiger charge is 2.49. The van der Waals surface area contributed by atoms with Crippen LogP contribution >= 0.6 is 63.7 Å². The van der Waals surface area contributed by atoms with Crippen LogP contribution in [-0.4, -0.2) is 20.3 Å². The molecule has 1 fully saturated rings. The maximum Gasteiger partial charge on any atom is 0.0288 e. The average Bonchev–Trinajstić information content (AvgIpc) is 2.54. The zero-order chi connectivity index (χ0) is 9.59. The second-order valence-corrected chi connectivity index (χ2v) is 7.00. The third-order valence-corrected chi connectivity index (χ3v) is 6.51. The normalized spacial score (nSPS) is 43.4. The van der Waals surface area contributed by atoms with E-state index in [9.17, 15) is 0 Å². The summed E-state index contributed by atoms with van der Waals surface area (Å²) in [6.07, 6.45) is 1.29. The number of rotatable bonds is 2. The first kappa shape index (κ1) is 11.2. The molecule has 2 rings (SSSR count). The Morgan fingerprint density at radius 1 is 1.08 bits per heavy atom. The van der Waals surface area contributed by atoms with Crippen LogP contribution in [0.3, 0.4) is 0 Å². The van der Waals surface area contributed by atoms with Crippen molar-refractivity contribution in [3.63, 3.8) is 0 Å². The first-order chi connectivity index (χ1) is 6.20. The van der Waals surface area contributed by atoms with E-state index in [1.807, 2.05) is 0 Å². The van der Waals surface area contributed by atoms with E-state index < -0.39 is 0 Å². The molecule has 1 saturated carbocycles. The highest BCUT2D eigenvalue weighted by atomic mass is 79.9. The SMILES string of the molecule is BrCC1=C(CBr)[C@@H]2C[C@@H](Br)[C@H]1[C@H]2Br. The molecule has 0 N–H and O–H groups in total. The molecule has 4 heteroatoms. The maximum atomic E-state index is 3.82. The van der Waals surface area contributed by atoms with E-state index in [0.717, 1.165) is 16.6 Å². The summed E-state index contributed by atoms with van der Waals surface area (Å²) in [5, 5.41) is 2.07. The predicted octanol–water partition coefficient (Wildman–Crippen LogP) is 4.25. The first-order valence-corrected chi connectivity index (χ1v) is 8.40. The van der Waals surface area contributed by atoms with Gasteiger partial charge in [0, 0.05) is 26.2 Å². The summed E-state index contributed by atoms with van der Waals surface area (Å²) in [6.45, 7) is 0. The van der Waals surface area contributed by atoms with Gasteiger partial charge >= 0.3 is 0 Å². The minimum absolute atomic E-state index is 0.664. The zero-order valence-electron chi connectivity index (χ0n) is 6.94. The molecule has 0 amide bonds. The van der Waals surface area contributed by atoms with Crippen LogP contribution in [0.4, 0.5) is 0 Å². The molecule has 4 atom stereocenters. The van der Waals surface area contributed by atoms with E-state index in [-0.39, 0.29) is 0 Å². The van der Waals surface area contributed by atoms with Gasteiger partial charge in [-0.05, 0) is 12.3 Å². The van der Waals surface area contributed by atoms with Gasteiger partial charge in [-0.2, -0.15) is 0 Å². The Morgan fingerprint density at radius 3 is 2.23 bits per heavy atom. The van der Waals surface area contributed by atoms with Crippen LogP contribution in [0, 0.1) is 11.8 Å². The number of alkyl halides is 4. The fourth-order valence-corrected chi connectivity index (χ4v) is 6.72. The average molecular weight is 438 g/mol. The molecule has 0 radical (unpaired) electrons. The van der Waals surface area contributed by atoms with Crippen LogP contribution < -0.4 is 0 Å². The van der Waals surface area contributed by atoms with Crippen molar-refractivity contribution < 1.29 is 0 Å². The summed E-state index contributed by atoms with van der Waals surface area (Å²) < 4.78 is 0. The quantitative estimate of drug-likeness (QED) is 0.447. The molecular formula is C9H10Br4. The molecule has 0 unspecified atom stereocenters. The van der Waals surface area contributed by atoms with Crippen molar-refractivity contribution in [2.45, 2.75) is 16.1 Å². The molecule has 0 aromatic rings. The monoisotopic (exact) mass is 434 g/mol. The van der Waals surface area contributed by atoms with Gasteiger partial charge in [0.2, 0.25) is 0 Å². The van der Waals surface area contributed by atoms with E-state index in [1.54, 1.807) is 11.1 Å². The van der Waals surface area contributed by atoms with Crippen LogP contribution in [0.1, 0.15) is 6.42 Å². The topological polar surface area (TPSA) is 0 Å². The molecule has 2 aliphatic carbocycles. The van der Waals surface area contributed by atoms with Crippen molar-refractivity contribution in [3.8, 4) is 0 Å². The van der Waals surface area contributed by atoms with Crippen LogP contribution in [-0.2, 0) is 0 Å². The molecule has 2 bridgehead atoms. The van der Waals surface area contributed by atoms with E-state index >= 15 is 0 Å². The smallest absolute Gasteiger partial charge is 0.0288 e. The fraction of sp³-hybridized carbons (Fsp3) is 0.778. The van der Waals surface area contributed by atoms with Crippen LogP contribution in [0.15, 0.2) is 11.1 Å². The molecule has 0 nitrogen and oxygen atoms in total. The number of fused-ring (bicyclic) bond motifs is 2. The van der Waals surface area contributed by atoms with Crippen LogP contribution in [0.5, 0.6) is 0 Å². The largest absolute Gasteiger partial charge is 0.0883 e. The highest BCUT2D eigenvalue weighted by molar-refractivity contribution is 9.10. The Morgan fingerprint density at radius 2 is 1.69 bits per heavy atom. The Bertz CT molecular complexity index is 248. The molecule has 0 aliphatic heterocycles. The molecular weight excluding hydrogens is 428 g/mol. The summed E-state index contributed by atoms with van der Waals surface area (Å²) >= 11 is 14.8. The summed E-state index contributed by atoms with van der Waals surface area (Å²) in [6, 6.07) is 0. The predicted molar refractivity (Wildman–Crippen MR) is 71.6 cm³/mol.